The molecule has 4 heterocycles. The number of rotatable bonds is 6. The molecule has 2 aromatic heterocycles. The molecule has 2 fully saturated rings. The Morgan fingerprint density at radius 3 is 2.61 bits per heavy atom. The maximum atomic E-state index is 17.3. The lowest BCUT2D eigenvalue weighted by Gasteiger charge is -2.35. The van der Waals surface area contributed by atoms with E-state index in [-0.39, 0.29) is 23.0 Å². The van der Waals surface area contributed by atoms with Crippen LogP contribution in [0.25, 0.3) is 11.9 Å². The number of benzene rings is 1. The molecule has 3 aliphatic rings. The number of hydrogen-bond acceptors (Lipinski definition) is 7. The minimum atomic E-state index is -2.46. The Morgan fingerprint density at radius 2 is 1.89 bits per heavy atom. The van der Waals surface area contributed by atoms with Crippen LogP contribution in [0.3, 0.4) is 0 Å². The largest absolute Gasteiger partial charge is 0.462 e. The number of likely N-dealkylation sites (N-methyl/N-ethyl adjacent to an activating group) is 1. The summed E-state index contributed by atoms with van der Waals surface area (Å²) in [5.41, 5.74) is -1.66. The van der Waals surface area contributed by atoms with Gasteiger partial charge in [-0.1, -0.05) is 42.5 Å². The van der Waals surface area contributed by atoms with E-state index in [1.165, 1.54) is 0 Å². The highest BCUT2D eigenvalue weighted by atomic mass is 19.2. The molecule has 7 nitrogen and oxygen atoms in total. The van der Waals surface area contributed by atoms with Crippen LogP contribution in [0.5, 0.6) is 6.01 Å². The number of nitrogens with zero attached hydrogens (tertiary/aromatic N) is 5. The van der Waals surface area contributed by atoms with E-state index in [2.05, 4.69) is 32.1 Å². The molecule has 198 valence electrons. The van der Waals surface area contributed by atoms with Crippen LogP contribution in [-0.2, 0) is 5.67 Å². The van der Waals surface area contributed by atoms with E-state index >= 15 is 8.78 Å². The fraction of sp³-hybridized carbons (Fsp3) is 0.414. The van der Waals surface area contributed by atoms with Crippen molar-refractivity contribution in [1.82, 2.24) is 25.2 Å². The van der Waals surface area contributed by atoms with E-state index < -0.39 is 17.4 Å². The number of likely N-dealkylation sites (tertiary alicyclic amines) is 1. The monoisotopic (exact) mass is 518 g/mol. The van der Waals surface area contributed by atoms with Gasteiger partial charge in [0.05, 0.1) is 0 Å². The minimum absolute atomic E-state index is 0.0465. The van der Waals surface area contributed by atoms with Crippen molar-refractivity contribution in [3.63, 3.8) is 0 Å². The molecule has 0 amide bonds. The zero-order valence-electron chi connectivity index (χ0n) is 21.5. The Labute approximate surface area is 220 Å². The predicted molar refractivity (Wildman–Crippen MR) is 143 cm³/mol. The summed E-state index contributed by atoms with van der Waals surface area (Å²) < 4.78 is 40.1. The summed E-state index contributed by atoms with van der Waals surface area (Å²) in [7, 11) is 2.07. The average molecular weight is 519 g/mol. The Kier molecular flexibility index (Phi) is 6.80. The summed E-state index contributed by atoms with van der Waals surface area (Å²) in [6, 6.07) is 12.3. The van der Waals surface area contributed by atoms with Crippen molar-refractivity contribution in [3.8, 4) is 6.01 Å². The Balaban J connectivity index is 1.54. The Hall–Kier alpha value is -3.43. The minimum Gasteiger partial charge on any atom is -0.462 e. The Morgan fingerprint density at radius 1 is 1.08 bits per heavy atom. The first-order valence-electron chi connectivity index (χ1n) is 13.3. The number of nitrogens with one attached hydrogen (secondary N) is 1. The SMILES string of the molecule is CN1CCC[C@H]1COc1nc(N2CCNCC2)c2c(n1)=C(F)C(F)(c1ccccc1)C(c1cccnc1)C=2. The van der Waals surface area contributed by atoms with Crippen molar-refractivity contribution in [3.05, 3.63) is 76.6 Å². The molecule has 0 saturated carbocycles. The summed E-state index contributed by atoms with van der Waals surface area (Å²) in [6.07, 6.45) is 7.13. The van der Waals surface area contributed by atoms with Crippen LogP contribution in [0.2, 0.25) is 0 Å². The lowest BCUT2D eigenvalue weighted by molar-refractivity contribution is 0.185. The zero-order valence-corrected chi connectivity index (χ0v) is 21.5. The predicted octanol–water partition coefficient (Wildman–Crippen LogP) is 2.27. The normalized spacial score (nSPS) is 25.7. The van der Waals surface area contributed by atoms with Crippen molar-refractivity contribution >= 4 is 17.7 Å². The molecular formula is C29H32F2N6O. The molecule has 2 saturated heterocycles. The van der Waals surface area contributed by atoms with Gasteiger partial charge in [-0.3, -0.25) is 4.98 Å². The summed E-state index contributed by atoms with van der Waals surface area (Å²) in [4.78, 5) is 17.8. The van der Waals surface area contributed by atoms with Crippen LogP contribution < -0.4 is 25.5 Å². The number of ether oxygens (including phenoxy) is 1. The van der Waals surface area contributed by atoms with Crippen molar-refractivity contribution < 1.29 is 13.5 Å². The summed E-state index contributed by atoms with van der Waals surface area (Å²) in [5, 5.41) is 3.79. The van der Waals surface area contributed by atoms with Crippen molar-refractivity contribution in [2.24, 2.45) is 0 Å². The molecule has 0 radical (unpaired) electrons. The molecule has 9 heteroatoms. The van der Waals surface area contributed by atoms with Gasteiger partial charge >= 0.3 is 6.01 Å². The molecule has 1 aliphatic carbocycles. The molecule has 1 aromatic carbocycles. The maximum Gasteiger partial charge on any atom is 0.319 e. The highest BCUT2D eigenvalue weighted by Gasteiger charge is 2.48. The molecule has 3 atom stereocenters. The molecule has 1 N–H and O–H groups in total. The first-order valence-corrected chi connectivity index (χ1v) is 13.3. The van der Waals surface area contributed by atoms with E-state index in [1.807, 2.05) is 0 Å². The van der Waals surface area contributed by atoms with Crippen LogP contribution in [0, 0.1) is 0 Å². The van der Waals surface area contributed by atoms with E-state index in [1.54, 1.807) is 60.9 Å². The molecule has 2 unspecified atom stereocenters. The second kappa shape index (κ2) is 10.4. The quantitative estimate of drug-likeness (QED) is 0.537. The zero-order chi connectivity index (χ0) is 26.1. The van der Waals surface area contributed by atoms with Crippen molar-refractivity contribution in [2.75, 3.05) is 51.3 Å². The van der Waals surface area contributed by atoms with Gasteiger partial charge in [0.15, 0.2) is 11.5 Å². The number of anilines is 1. The number of piperazine rings is 1. The van der Waals surface area contributed by atoms with Gasteiger partial charge in [-0.05, 0) is 43.6 Å². The maximum absolute atomic E-state index is 17.3. The van der Waals surface area contributed by atoms with Crippen LogP contribution in [0.15, 0.2) is 54.9 Å². The van der Waals surface area contributed by atoms with Gasteiger partial charge in [-0.2, -0.15) is 9.97 Å². The summed E-state index contributed by atoms with van der Waals surface area (Å²) in [6.45, 7) is 4.36. The van der Waals surface area contributed by atoms with Crippen LogP contribution in [0.1, 0.15) is 29.9 Å². The number of fused-ring (bicyclic) bond motifs is 1. The van der Waals surface area contributed by atoms with Crippen molar-refractivity contribution in [2.45, 2.75) is 30.5 Å². The molecule has 0 spiro atoms. The molecule has 0 bridgehead atoms. The van der Waals surface area contributed by atoms with Gasteiger partial charge in [0.1, 0.15) is 17.8 Å². The lowest BCUT2D eigenvalue weighted by Crippen LogP contribution is -2.51. The number of halogens is 2. The average Bonchev–Trinajstić information content (AvgIpc) is 3.39. The Bertz CT molecular complexity index is 1400. The first kappa shape index (κ1) is 24.9. The molecular weight excluding hydrogens is 486 g/mol. The van der Waals surface area contributed by atoms with Crippen LogP contribution in [-0.4, -0.2) is 72.3 Å². The van der Waals surface area contributed by atoms with E-state index in [4.69, 9.17) is 9.72 Å². The third-order valence-electron chi connectivity index (χ3n) is 7.92. The second-order valence-corrected chi connectivity index (χ2v) is 10.2. The second-order valence-electron chi connectivity index (χ2n) is 10.2. The summed E-state index contributed by atoms with van der Waals surface area (Å²) in [5.74, 6) is -1.31. The number of hydrogen-bond donors (Lipinski definition) is 1. The highest BCUT2D eigenvalue weighted by molar-refractivity contribution is 5.66. The molecule has 3 aromatic rings. The fourth-order valence-corrected chi connectivity index (χ4v) is 5.76. The third kappa shape index (κ3) is 4.43. The smallest absolute Gasteiger partial charge is 0.319 e. The van der Waals surface area contributed by atoms with Gasteiger partial charge in [-0.25, -0.2) is 8.78 Å². The lowest BCUT2D eigenvalue weighted by atomic mass is 9.75. The molecule has 6 rings (SSSR count). The van der Waals surface area contributed by atoms with Crippen LogP contribution >= 0.6 is 0 Å². The van der Waals surface area contributed by atoms with Crippen LogP contribution in [0.4, 0.5) is 14.6 Å². The highest BCUT2D eigenvalue weighted by Crippen LogP contribution is 2.49. The standard InChI is InChI=1S/C29H32F2N6O/c1-36-14-6-10-22(36)19-38-28-34-25-23(27(35-28)37-15-12-32-13-16-37)17-24(20-7-5-11-33-18-20)29(31,26(25)30)21-8-3-2-4-9-21/h2-5,7-9,11,17-18,22,24,32H,6,10,12-16,19H2,1H3/t22-,24?,29?/m0/s1. The topological polar surface area (TPSA) is 66.4 Å². The fourth-order valence-electron chi connectivity index (χ4n) is 5.76. The van der Waals surface area contributed by atoms with Gasteiger partial charge in [0.2, 0.25) is 0 Å². The third-order valence-corrected chi connectivity index (χ3v) is 7.92. The molecule has 2 aliphatic heterocycles. The number of pyridine rings is 1. The van der Waals surface area contributed by atoms with Gasteiger partial charge in [0, 0.05) is 55.8 Å². The van der Waals surface area contributed by atoms with E-state index in [0.29, 0.717) is 36.3 Å². The van der Waals surface area contributed by atoms with E-state index in [9.17, 15) is 0 Å². The van der Waals surface area contributed by atoms with Gasteiger partial charge in [0.25, 0.3) is 0 Å². The number of aromatic nitrogens is 3. The first-order chi connectivity index (χ1) is 18.6. The van der Waals surface area contributed by atoms with Gasteiger partial charge in [-0.15, -0.1) is 0 Å². The molecule has 38 heavy (non-hydrogen) atoms. The number of alkyl halides is 1. The summed E-state index contributed by atoms with van der Waals surface area (Å²) >= 11 is 0. The van der Waals surface area contributed by atoms with Gasteiger partial charge < -0.3 is 19.9 Å². The van der Waals surface area contributed by atoms with Crippen molar-refractivity contribution in [1.29, 1.82) is 0 Å². The van der Waals surface area contributed by atoms with E-state index in [0.717, 1.165) is 32.5 Å².